The number of benzene rings is 1. The predicted molar refractivity (Wildman–Crippen MR) is 89.5 cm³/mol. The highest BCUT2D eigenvalue weighted by atomic mass is 15.2. The Kier molecular flexibility index (Phi) is 5.47. The average Bonchev–Trinajstić information content (AvgIpc) is 2.55. The molecule has 1 aromatic carbocycles. The summed E-state index contributed by atoms with van der Waals surface area (Å²) in [5.41, 5.74) is 3.16. The van der Waals surface area contributed by atoms with Crippen molar-refractivity contribution in [3.05, 3.63) is 47.5 Å². The Morgan fingerprint density at radius 2 is 2.05 bits per heavy atom. The van der Waals surface area contributed by atoms with Crippen LogP contribution in [0.4, 0.5) is 0 Å². The van der Waals surface area contributed by atoms with Crippen LogP contribution in [-0.2, 0) is 6.42 Å². The fraction of sp³-hybridized carbons (Fsp3) is 0.579. The molecular weight excluding hydrogens is 256 g/mol. The first-order chi connectivity index (χ1) is 10.4. The highest BCUT2D eigenvalue weighted by Crippen LogP contribution is 2.20. The lowest BCUT2D eigenvalue weighted by Gasteiger charge is -2.34. The van der Waals surface area contributed by atoms with Gasteiger partial charge in [-0.2, -0.15) is 0 Å². The zero-order valence-electron chi connectivity index (χ0n) is 13.1. The number of hydrogen-bond donors (Lipinski definition) is 1. The monoisotopic (exact) mass is 284 g/mol. The summed E-state index contributed by atoms with van der Waals surface area (Å²) in [6.07, 6.45) is 10.4. The van der Waals surface area contributed by atoms with Gasteiger partial charge in [-0.25, -0.2) is 0 Å². The molecule has 1 heterocycles. The van der Waals surface area contributed by atoms with Crippen molar-refractivity contribution in [3.63, 3.8) is 0 Å². The van der Waals surface area contributed by atoms with Crippen LogP contribution in [0.25, 0.3) is 0 Å². The molecule has 1 N–H and O–H groups in total. The van der Waals surface area contributed by atoms with Crippen LogP contribution in [0.2, 0.25) is 0 Å². The summed E-state index contributed by atoms with van der Waals surface area (Å²) in [6, 6.07) is 11.5. The van der Waals surface area contributed by atoms with Gasteiger partial charge in [0.2, 0.25) is 0 Å². The minimum Gasteiger partial charge on any atom is -0.311 e. The zero-order valence-corrected chi connectivity index (χ0v) is 13.1. The van der Waals surface area contributed by atoms with E-state index in [1.807, 2.05) is 0 Å². The van der Waals surface area contributed by atoms with E-state index in [4.69, 9.17) is 0 Å². The van der Waals surface area contributed by atoms with Gasteiger partial charge in [0, 0.05) is 32.2 Å². The summed E-state index contributed by atoms with van der Waals surface area (Å²) < 4.78 is 0. The van der Waals surface area contributed by atoms with E-state index in [1.165, 1.54) is 57.3 Å². The van der Waals surface area contributed by atoms with E-state index in [0.717, 1.165) is 13.0 Å². The van der Waals surface area contributed by atoms with Crippen molar-refractivity contribution in [1.29, 1.82) is 0 Å². The number of hydrogen-bond acceptors (Lipinski definition) is 2. The first-order valence-corrected chi connectivity index (χ1v) is 8.58. The van der Waals surface area contributed by atoms with E-state index in [0.29, 0.717) is 6.04 Å². The Morgan fingerprint density at radius 3 is 2.86 bits per heavy atom. The fourth-order valence-corrected chi connectivity index (χ4v) is 3.57. The first kappa shape index (κ1) is 14.8. The fourth-order valence-electron chi connectivity index (χ4n) is 3.57. The lowest BCUT2D eigenvalue weighted by Crippen LogP contribution is -2.51. The number of nitrogens with zero attached hydrogens (tertiary/aromatic N) is 1. The molecule has 0 saturated carbocycles. The second kappa shape index (κ2) is 7.77. The SMILES string of the molecule is C1=C(CCN2CCNC(Cc3ccccc3)C2)CCCC1. The Hall–Kier alpha value is -1.12. The Bertz CT molecular complexity index is 452. The van der Waals surface area contributed by atoms with E-state index in [9.17, 15) is 0 Å². The lowest BCUT2D eigenvalue weighted by atomic mass is 9.97. The first-order valence-electron chi connectivity index (χ1n) is 8.58. The van der Waals surface area contributed by atoms with Crippen molar-refractivity contribution in [1.82, 2.24) is 10.2 Å². The molecule has 1 saturated heterocycles. The van der Waals surface area contributed by atoms with Gasteiger partial charge < -0.3 is 10.2 Å². The number of piperazine rings is 1. The van der Waals surface area contributed by atoms with Crippen LogP contribution in [0.15, 0.2) is 42.0 Å². The van der Waals surface area contributed by atoms with Gasteiger partial charge in [-0.1, -0.05) is 42.0 Å². The number of rotatable bonds is 5. The van der Waals surface area contributed by atoms with E-state index >= 15 is 0 Å². The van der Waals surface area contributed by atoms with Crippen molar-refractivity contribution in [3.8, 4) is 0 Å². The van der Waals surface area contributed by atoms with Gasteiger partial charge in [-0.05, 0) is 44.1 Å². The molecule has 1 aliphatic heterocycles. The van der Waals surface area contributed by atoms with Crippen molar-refractivity contribution >= 4 is 0 Å². The van der Waals surface area contributed by atoms with Crippen LogP contribution in [0.1, 0.15) is 37.7 Å². The smallest absolute Gasteiger partial charge is 0.0235 e. The maximum atomic E-state index is 3.68. The van der Waals surface area contributed by atoms with Gasteiger partial charge in [-0.3, -0.25) is 0 Å². The summed E-state index contributed by atoms with van der Waals surface area (Å²) >= 11 is 0. The van der Waals surface area contributed by atoms with Crippen LogP contribution in [0.5, 0.6) is 0 Å². The molecule has 0 aromatic heterocycles. The molecule has 114 valence electrons. The highest BCUT2D eigenvalue weighted by Gasteiger charge is 2.19. The summed E-state index contributed by atoms with van der Waals surface area (Å²) in [5, 5.41) is 3.68. The molecule has 2 nitrogen and oxygen atoms in total. The van der Waals surface area contributed by atoms with Crippen LogP contribution in [-0.4, -0.2) is 37.1 Å². The van der Waals surface area contributed by atoms with Crippen LogP contribution < -0.4 is 5.32 Å². The predicted octanol–water partition coefficient (Wildman–Crippen LogP) is 3.39. The number of nitrogens with one attached hydrogen (secondary N) is 1. The quantitative estimate of drug-likeness (QED) is 0.834. The Morgan fingerprint density at radius 1 is 1.14 bits per heavy atom. The second-order valence-electron chi connectivity index (χ2n) is 6.50. The van der Waals surface area contributed by atoms with Gasteiger partial charge >= 0.3 is 0 Å². The average molecular weight is 284 g/mol. The van der Waals surface area contributed by atoms with Gasteiger partial charge in [-0.15, -0.1) is 0 Å². The van der Waals surface area contributed by atoms with E-state index in [-0.39, 0.29) is 0 Å². The third-order valence-corrected chi connectivity index (χ3v) is 4.80. The van der Waals surface area contributed by atoms with Crippen LogP contribution >= 0.6 is 0 Å². The van der Waals surface area contributed by atoms with Crippen molar-refractivity contribution in [2.75, 3.05) is 26.2 Å². The molecular formula is C19H28N2. The zero-order chi connectivity index (χ0) is 14.3. The van der Waals surface area contributed by atoms with Crippen LogP contribution in [0.3, 0.4) is 0 Å². The molecule has 2 aliphatic rings. The second-order valence-corrected chi connectivity index (χ2v) is 6.50. The van der Waals surface area contributed by atoms with Gasteiger partial charge in [0.05, 0.1) is 0 Å². The molecule has 1 aromatic rings. The molecule has 0 spiro atoms. The molecule has 1 atom stereocenters. The largest absolute Gasteiger partial charge is 0.311 e. The third-order valence-electron chi connectivity index (χ3n) is 4.80. The molecule has 0 radical (unpaired) electrons. The summed E-state index contributed by atoms with van der Waals surface area (Å²) in [6.45, 7) is 4.79. The molecule has 3 rings (SSSR count). The van der Waals surface area contributed by atoms with Gasteiger partial charge in [0.1, 0.15) is 0 Å². The lowest BCUT2D eigenvalue weighted by molar-refractivity contribution is 0.200. The molecule has 1 fully saturated rings. The molecule has 0 bridgehead atoms. The minimum absolute atomic E-state index is 0.612. The third kappa shape index (κ3) is 4.69. The molecule has 0 amide bonds. The molecule has 1 unspecified atom stereocenters. The van der Waals surface area contributed by atoms with Crippen molar-refractivity contribution in [2.24, 2.45) is 0 Å². The van der Waals surface area contributed by atoms with E-state index < -0.39 is 0 Å². The summed E-state index contributed by atoms with van der Waals surface area (Å²) in [5.74, 6) is 0. The van der Waals surface area contributed by atoms with Gasteiger partial charge in [0.25, 0.3) is 0 Å². The molecule has 1 aliphatic carbocycles. The minimum atomic E-state index is 0.612. The van der Waals surface area contributed by atoms with Crippen LogP contribution in [0, 0.1) is 0 Å². The maximum absolute atomic E-state index is 3.68. The molecule has 2 heteroatoms. The van der Waals surface area contributed by atoms with Crippen molar-refractivity contribution in [2.45, 2.75) is 44.6 Å². The topological polar surface area (TPSA) is 15.3 Å². The molecule has 21 heavy (non-hydrogen) atoms. The number of allylic oxidation sites excluding steroid dienone is 1. The van der Waals surface area contributed by atoms with E-state index in [1.54, 1.807) is 5.57 Å². The summed E-state index contributed by atoms with van der Waals surface area (Å²) in [7, 11) is 0. The Balaban J connectivity index is 1.45. The normalized spacial score (nSPS) is 23.8. The highest BCUT2D eigenvalue weighted by molar-refractivity contribution is 5.16. The Labute approximate surface area is 129 Å². The summed E-state index contributed by atoms with van der Waals surface area (Å²) in [4.78, 5) is 2.65. The standard InChI is InChI=1S/C19H28N2/c1-3-7-17(8-4-1)11-13-21-14-12-20-19(16-21)15-18-9-5-2-6-10-18/h2,5-7,9-10,19-20H,1,3-4,8,11-16H2. The van der Waals surface area contributed by atoms with Gasteiger partial charge in [0.15, 0.2) is 0 Å². The van der Waals surface area contributed by atoms with E-state index in [2.05, 4.69) is 46.6 Å². The van der Waals surface area contributed by atoms with Crippen molar-refractivity contribution < 1.29 is 0 Å². The maximum Gasteiger partial charge on any atom is 0.0235 e.